The predicted octanol–water partition coefficient (Wildman–Crippen LogP) is 1.14. The van der Waals surface area contributed by atoms with Crippen LogP contribution in [-0.2, 0) is 9.53 Å². The zero-order valence-corrected chi connectivity index (χ0v) is 5.23. The fourth-order valence-corrected chi connectivity index (χ4v) is 0. The van der Waals surface area contributed by atoms with Crippen molar-refractivity contribution in [3.63, 3.8) is 0 Å². The van der Waals surface area contributed by atoms with Gasteiger partial charge in [-0.1, -0.05) is 13.2 Å². The first kappa shape index (κ1) is 10.1. The summed E-state index contributed by atoms with van der Waals surface area (Å²) in [5.41, 5.74) is 2.25. The summed E-state index contributed by atoms with van der Waals surface area (Å²) in [6.45, 7) is 7.61. The van der Waals surface area contributed by atoms with Gasteiger partial charge in [0.25, 0.3) is 0 Å². The van der Waals surface area contributed by atoms with Crippen LogP contribution in [-0.4, -0.2) is 13.1 Å². The summed E-state index contributed by atoms with van der Waals surface area (Å²) in [4.78, 5) is 9.59. The van der Waals surface area contributed by atoms with Crippen LogP contribution in [0.2, 0.25) is 0 Å². The molecule has 0 aliphatic carbocycles. The van der Waals surface area contributed by atoms with Crippen LogP contribution in [0, 0.1) is 0 Å². The highest BCUT2D eigenvalue weighted by molar-refractivity contribution is 5.65. The number of hydrogen-bond acceptors (Lipinski definition) is 2. The van der Waals surface area contributed by atoms with Crippen molar-refractivity contribution in [3.05, 3.63) is 18.9 Å². The third kappa shape index (κ3) is 81.1. The van der Waals surface area contributed by atoms with Crippen LogP contribution in [0.25, 0.3) is 0 Å². The molecule has 0 atom stereocenters. The molecule has 0 rings (SSSR count). The predicted molar refractivity (Wildman–Crippen MR) is 32.5 cm³/mol. The summed E-state index contributed by atoms with van der Waals surface area (Å²) < 4.78 is 4.11. The lowest BCUT2D eigenvalue weighted by Gasteiger charge is -1.80. The van der Waals surface area contributed by atoms with Gasteiger partial charge in [0.1, 0.15) is 0 Å². The molecular formula is C6H10O2. The van der Waals surface area contributed by atoms with E-state index < -0.39 is 0 Å². The minimum Gasteiger partial charge on any atom is -0.469 e. The largest absolute Gasteiger partial charge is 0.469 e. The molecule has 0 heterocycles. The van der Waals surface area contributed by atoms with Crippen molar-refractivity contribution in [2.24, 2.45) is 0 Å². The SMILES string of the molecule is C=C=C.COC(C)=O. The summed E-state index contributed by atoms with van der Waals surface area (Å²) in [6, 6.07) is 0. The van der Waals surface area contributed by atoms with Crippen LogP contribution in [0.3, 0.4) is 0 Å². The minimum atomic E-state index is -0.245. The van der Waals surface area contributed by atoms with Gasteiger partial charge in [-0.05, 0) is 0 Å². The molecule has 0 amide bonds. The van der Waals surface area contributed by atoms with E-state index >= 15 is 0 Å². The Bertz CT molecular complexity index is 88.7. The number of methoxy groups -OCH3 is 1. The van der Waals surface area contributed by atoms with Crippen LogP contribution < -0.4 is 0 Å². The van der Waals surface area contributed by atoms with E-state index in [4.69, 9.17) is 0 Å². The smallest absolute Gasteiger partial charge is 0.302 e. The molecule has 46 valence electrons. The Balaban J connectivity index is 0. The van der Waals surface area contributed by atoms with Gasteiger partial charge in [0.05, 0.1) is 7.11 Å². The lowest BCUT2D eigenvalue weighted by molar-refractivity contribution is -0.137. The van der Waals surface area contributed by atoms with Gasteiger partial charge in [-0.3, -0.25) is 4.79 Å². The molecule has 0 saturated heterocycles. The average Bonchev–Trinajstić information content (AvgIpc) is 1.69. The Hall–Kier alpha value is -1.01. The molecule has 0 N–H and O–H groups in total. The Morgan fingerprint density at radius 2 is 1.75 bits per heavy atom. The maximum absolute atomic E-state index is 9.59. The summed E-state index contributed by atoms with van der Waals surface area (Å²) in [7, 11) is 1.35. The Labute approximate surface area is 49.5 Å². The van der Waals surface area contributed by atoms with Crippen LogP contribution >= 0.6 is 0 Å². The van der Waals surface area contributed by atoms with E-state index in [-0.39, 0.29) is 5.97 Å². The molecule has 0 aromatic heterocycles. The second kappa shape index (κ2) is 9.37. The van der Waals surface area contributed by atoms with Gasteiger partial charge in [0, 0.05) is 6.92 Å². The number of carbonyl (C=O) groups excluding carboxylic acids is 1. The molecule has 2 heteroatoms. The van der Waals surface area contributed by atoms with E-state index in [2.05, 4.69) is 23.6 Å². The molecule has 0 aliphatic rings. The lowest BCUT2D eigenvalue weighted by atomic mass is 10.8. The first-order valence-electron chi connectivity index (χ1n) is 2.02. The van der Waals surface area contributed by atoms with Gasteiger partial charge in [-0.15, -0.1) is 5.73 Å². The zero-order valence-electron chi connectivity index (χ0n) is 5.23. The van der Waals surface area contributed by atoms with Crippen molar-refractivity contribution in [1.82, 2.24) is 0 Å². The molecule has 8 heavy (non-hydrogen) atoms. The van der Waals surface area contributed by atoms with Crippen LogP contribution in [0.5, 0.6) is 0 Å². The highest BCUT2D eigenvalue weighted by atomic mass is 16.5. The van der Waals surface area contributed by atoms with Gasteiger partial charge >= 0.3 is 5.97 Å². The van der Waals surface area contributed by atoms with Crippen molar-refractivity contribution in [2.75, 3.05) is 7.11 Å². The molecule has 0 bridgehead atoms. The van der Waals surface area contributed by atoms with Gasteiger partial charge in [-0.25, -0.2) is 0 Å². The van der Waals surface area contributed by atoms with Crippen LogP contribution in [0.15, 0.2) is 18.9 Å². The average molecular weight is 114 g/mol. The van der Waals surface area contributed by atoms with Gasteiger partial charge in [0.2, 0.25) is 0 Å². The van der Waals surface area contributed by atoms with Gasteiger partial charge in [0.15, 0.2) is 0 Å². The molecule has 0 aromatic rings. The molecular weight excluding hydrogens is 104 g/mol. The Morgan fingerprint density at radius 1 is 1.62 bits per heavy atom. The van der Waals surface area contributed by atoms with Crippen molar-refractivity contribution in [1.29, 1.82) is 0 Å². The quantitative estimate of drug-likeness (QED) is 0.348. The maximum Gasteiger partial charge on any atom is 0.302 e. The van der Waals surface area contributed by atoms with Crippen LogP contribution in [0.4, 0.5) is 0 Å². The third-order valence-electron chi connectivity index (χ3n) is 0.287. The maximum atomic E-state index is 9.59. The standard InChI is InChI=1S/C3H6O2.C3H4/c1-3(4)5-2;1-3-2/h1-2H3;1-2H2. The monoisotopic (exact) mass is 114 g/mol. The molecule has 0 fully saturated rings. The van der Waals surface area contributed by atoms with Crippen molar-refractivity contribution in [2.45, 2.75) is 6.92 Å². The van der Waals surface area contributed by atoms with Crippen molar-refractivity contribution < 1.29 is 9.53 Å². The van der Waals surface area contributed by atoms with Gasteiger partial charge in [-0.2, -0.15) is 0 Å². The van der Waals surface area contributed by atoms with Crippen molar-refractivity contribution >= 4 is 5.97 Å². The van der Waals surface area contributed by atoms with E-state index in [1.165, 1.54) is 14.0 Å². The fourth-order valence-electron chi connectivity index (χ4n) is 0. The molecule has 0 radical (unpaired) electrons. The first-order valence-corrected chi connectivity index (χ1v) is 2.02. The van der Waals surface area contributed by atoms with E-state index in [1.807, 2.05) is 0 Å². The van der Waals surface area contributed by atoms with E-state index in [1.54, 1.807) is 0 Å². The van der Waals surface area contributed by atoms with Crippen molar-refractivity contribution in [3.8, 4) is 0 Å². The Morgan fingerprint density at radius 3 is 1.75 bits per heavy atom. The minimum absolute atomic E-state index is 0.245. The summed E-state index contributed by atoms with van der Waals surface area (Å²) in [5.74, 6) is -0.245. The summed E-state index contributed by atoms with van der Waals surface area (Å²) in [6.07, 6.45) is 0. The molecule has 0 unspecified atom stereocenters. The molecule has 0 saturated carbocycles. The highest BCUT2D eigenvalue weighted by Gasteiger charge is 1.75. The molecule has 2 nitrogen and oxygen atoms in total. The summed E-state index contributed by atoms with van der Waals surface area (Å²) >= 11 is 0. The van der Waals surface area contributed by atoms with E-state index in [0.717, 1.165) is 0 Å². The number of hydrogen-bond donors (Lipinski definition) is 0. The van der Waals surface area contributed by atoms with Gasteiger partial charge < -0.3 is 4.74 Å². The Kier molecular flexibility index (Phi) is 11.8. The molecule has 0 aliphatic heterocycles. The number of rotatable bonds is 0. The number of ether oxygens (including phenoxy) is 1. The molecule has 0 aromatic carbocycles. The van der Waals surface area contributed by atoms with Crippen LogP contribution in [0.1, 0.15) is 6.92 Å². The zero-order chi connectivity index (χ0) is 6.99. The number of carbonyl (C=O) groups is 1. The third-order valence-corrected chi connectivity index (χ3v) is 0.287. The lowest BCUT2D eigenvalue weighted by Crippen LogP contribution is -1.88. The fraction of sp³-hybridized carbons (Fsp3) is 0.333. The highest BCUT2D eigenvalue weighted by Crippen LogP contribution is 1.60. The first-order chi connectivity index (χ1) is 3.68. The summed E-state index contributed by atoms with van der Waals surface area (Å²) in [5, 5.41) is 0. The topological polar surface area (TPSA) is 26.3 Å². The second-order valence-corrected chi connectivity index (χ2v) is 0.946. The van der Waals surface area contributed by atoms with E-state index in [9.17, 15) is 4.79 Å². The van der Waals surface area contributed by atoms with E-state index in [0.29, 0.717) is 0 Å². The number of esters is 1. The molecule has 0 spiro atoms. The second-order valence-electron chi connectivity index (χ2n) is 0.946. The normalized spacial score (nSPS) is 5.25.